The molecule has 0 spiro atoms. The van der Waals surface area contributed by atoms with E-state index in [1.54, 1.807) is 25.1 Å². The van der Waals surface area contributed by atoms with Crippen LogP contribution in [-0.4, -0.2) is 79.2 Å². The van der Waals surface area contributed by atoms with E-state index in [4.69, 9.17) is 4.74 Å². The maximum absolute atomic E-state index is 13.2. The van der Waals surface area contributed by atoms with E-state index in [1.165, 1.54) is 0 Å². The number of fused-ring (bicyclic) bond motifs is 3. The van der Waals surface area contributed by atoms with Crippen LogP contribution in [0.4, 0.5) is 5.69 Å². The summed E-state index contributed by atoms with van der Waals surface area (Å²) < 4.78 is 5.92. The zero-order valence-corrected chi connectivity index (χ0v) is 17.5. The molecule has 2 fully saturated rings. The monoisotopic (exact) mass is 401 g/mol. The molecule has 0 aromatic heterocycles. The summed E-state index contributed by atoms with van der Waals surface area (Å²) in [7, 11) is 5.44. The molecule has 1 aromatic rings. The van der Waals surface area contributed by atoms with Crippen LogP contribution in [0.5, 0.6) is 5.75 Å². The fourth-order valence-electron chi connectivity index (χ4n) is 5.15. The second-order valence-corrected chi connectivity index (χ2v) is 8.87. The van der Waals surface area contributed by atoms with Crippen LogP contribution in [0, 0.1) is 5.92 Å². The molecule has 2 amide bonds. The van der Waals surface area contributed by atoms with Gasteiger partial charge in [-0.15, -0.1) is 0 Å². The Morgan fingerprint density at radius 1 is 1.21 bits per heavy atom. The zero-order chi connectivity index (χ0) is 20.7. The number of rotatable bonds is 4. The minimum Gasteiger partial charge on any atom is -0.489 e. The summed E-state index contributed by atoms with van der Waals surface area (Å²) in [6, 6.07) is 5.94. The molecule has 3 heterocycles. The van der Waals surface area contributed by atoms with Gasteiger partial charge in [0.1, 0.15) is 12.4 Å². The van der Waals surface area contributed by atoms with Crippen LogP contribution in [0.25, 0.3) is 0 Å². The average Bonchev–Trinajstić information content (AvgIpc) is 2.99. The molecule has 1 aromatic carbocycles. The second kappa shape index (κ2) is 7.86. The minimum atomic E-state index is -0.0605. The number of amides is 2. The molecule has 3 aliphatic heterocycles. The van der Waals surface area contributed by atoms with E-state index in [0.717, 1.165) is 37.1 Å². The van der Waals surface area contributed by atoms with E-state index in [9.17, 15) is 14.7 Å². The molecule has 7 nitrogen and oxygen atoms in total. The van der Waals surface area contributed by atoms with Crippen LogP contribution in [0.15, 0.2) is 18.2 Å². The highest BCUT2D eigenvalue weighted by molar-refractivity contribution is 5.95. The predicted octanol–water partition coefficient (Wildman–Crippen LogP) is 1.74. The molecule has 0 radical (unpaired) electrons. The van der Waals surface area contributed by atoms with Crippen LogP contribution in [0.3, 0.4) is 0 Å². The molecular weight excluding hydrogens is 370 g/mol. The molecule has 158 valence electrons. The number of aliphatic hydroxyl groups excluding tert-OH is 1. The molecule has 0 aliphatic carbocycles. The van der Waals surface area contributed by atoms with Crippen molar-refractivity contribution in [2.45, 2.75) is 50.2 Å². The number of piperidine rings is 1. The largest absolute Gasteiger partial charge is 0.489 e. The van der Waals surface area contributed by atoms with Crippen LogP contribution in [0.2, 0.25) is 0 Å². The van der Waals surface area contributed by atoms with Gasteiger partial charge in [-0.05, 0) is 49.8 Å². The quantitative estimate of drug-likeness (QED) is 0.832. The first-order valence-electron chi connectivity index (χ1n) is 10.5. The maximum atomic E-state index is 13.2. The summed E-state index contributed by atoms with van der Waals surface area (Å²) in [5.74, 6) is 1.20. The first kappa shape index (κ1) is 20.0. The van der Waals surface area contributed by atoms with Gasteiger partial charge in [0, 0.05) is 45.4 Å². The molecule has 29 heavy (non-hydrogen) atoms. The van der Waals surface area contributed by atoms with Gasteiger partial charge in [-0.3, -0.25) is 9.59 Å². The summed E-state index contributed by atoms with van der Waals surface area (Å²) in [6.45, 7) is 0.678. The highest BCUT2D eigenvalue weighted by Crippen LogP contribution is 2.40. The molecule has 2 bridgehead atoms. The number of anilines is 1. The fraction of sp³-hybridized carbons (Fsp3) is 0.636. The Balaban J connectivity index is 1.47. The molecule has 4 atom stereocenters. The fourth-order valence-corrected chi connectivity index (χ4v) is 5.15. The summed E-state index contributed by atoms with van der Waals surface area (Å²) in [5.41, 5.74) is 1.46. The molecule has 4 rings (SSSR count). The van der Waals surface area contributed by atoms with Crippen molar-refractivity contribution < 1.29 is 19.4 Å². The van der Waals surface area contributed by atoms with Crippen molar-refractivity contribution in [2.24, 2.45) is 5.92 Å². The van der Waals surface area contributed by atoms with Crippen LogP contribution in [0.1, 0.15) is 42.5 Å². The summed E-state index contributed by atoms with van der Waals surface area (Å²) in [6.07, 6.45) is 4.31. The van der Waals surface area contributed by atoms with Gasteiger partial charge >= 0.3 is 0 Å². The van der Waals surface area contributed by atoms with E-state index in [-0.39, 0.29) is 36.5 Å². The van der Waals surface area contributed by atoms with Crippen molar-refractivity contribution in [3.8, 4) is 5.75 Å². The van der Waals surface area contributed by atoms with Gasteiger partial charge in [-0.2, -0.15) is 0 Å². The van der Waals surface area contributed by atoms with E-state index < -0.39 is 0 Å². The first-order chi connectivity index (χ1) is 13.9. The van der Waals surface area contributed by atoms with Gasteiger partial charge in [-0.1, -0.05) is 0 Å². The highest BCUT2D eigenvalue weighted by Gasteiger charge is 2.43. The zero-order valence-electron chi connectivity index (χ0n) is 17.5. The van der Waals surface area contributed by atoms with Gasteiger partial charge in [0.2, 0.25) is 5.91 Å². The molecule has 7 heteroatoms. The first-order valence-corrected chi connectivity index (χ1v) is 10.5. The van der Waals surface area contributed by atoms with Crippen molar-refractivity contribution in [1.29, 1.82) is 0 Å². The Bertz CT molecular complexity index is 782. The van der Waals surface area contributed by atoms with E-state index in [1.807, 2.05) is 19.2 Å². The molecule has 0 saturated carbocycles. The average molecular weight is 402 g/mol. The van der Waals surface area contributed by atoms with Crippen molar-refractivity contribution in [3.05, 3.63) is 23.8 Å². The topological polar surface area (TPSA) is 73.3 Å². The number of likely N-dealkylation sites (N-methyl/N-ethyl adjacent to an activating group) is 1. The Hall–Kier alpha value is -2.28. The number of benzene rings is 1. The normalized spacial score (nSPS) is 28.0. The third-order valence-electron chi connectivity index (χ3n) is 6.76. The minimum absolute atomic E-state index is 0.0530. The third-order valence-corrected chi connectivity index (χ3v) is 6.76. The summed E-state index contributed by atoms with van der Waals surface area (Å²) >= 11 is 0. The summed E-state index contributed by atoms with van der Waals surface area (Å²) in [5, 5.41) is 9.51. The van der Waals surface area contributed by atoms with Crippen molar-refractivity contribution in [1.82, 2.24) is 9.80 Å². The lowest BCUT2D eigenvalue weighted by molar-refractivity contribution is -0.137. The van der Waals surface area contributed by atoms with Crippen LogP contribution in [-0.2, 0) is 4.79 Å². The van der Waals surface area contributed by atoms with Gasteiger partial charge < -0.3 is 24.5 Å². The molecule has 2 unspecified atom stereocenters. The third kappa shape index (κ3) is 3.68. The number of ether oxygens (including phenoxy) is 1. The molecule has 2 saturated heterocycles. The smallest absolute Gasteiger partial charge is 0.253 e. The van der Waals surface area contributed by atoms with E-state index in [0.29, 0.717) is 24.5 Å². The number of hydrogen-bond acceptors (Lipinski definition) is 5. The maximum Gasteiger partial charge on any atom is 0.253 e. The lowest BCUT2D eigenvalue weighted by atomic mass is 9.91. The Morgan fingerprint density at radius 2 is 1.90 bits per heavy atom. The lowest BCUT2D eigenvalue weighted by Gasteiger charge is -2.41. The number of hydrogen-bond donors (Lipinski definition) is 1. The van der Waals surface area contributed by atoms with Crippen molar-refractivity contribution in [3.63, 3.8) is 0 Å². The number of aliphatic hydroxyl groups is 1. The van der Waals surface area contributed by atoms with E-state index >= 15 is 0 Å². The number of nitrogens with zero attached hydrogens (tertiary/aromatic N) is 3. The highest BCUT2D eigenvalue weighted by atomic mass is 16.5. The van der Waals surface area contributed by atoms with Crippen molar-refractivity contribution in [2.75, 3.05) is 39.3 Å². The van der Waals surface area contributed by atoms with Gasteiger partial charge in [0.05, 0.1) is 18.2 Å². The second-order valence-electron chi connectivity index (χ2n) is 8.87. The SMILES string of the molecule is CN(C)C(=O)c1ccc2c(c1)N(C)C(CC(=O)N1[C@@H]3CC[C@H]1CC(CO)C3)CO2. The number of carbonyl (C=O) groups is 2. The Morgan fingerprint density at radius 3 is 2.52 bits per heavy atom. The Kier molecular flexibility index (Phi) is 5.42. The molecule has 3 aliphatic rings. The molecular formula is C22H31N3O4. The standard InChI is InChI=1S/C22H31N3O4/c1-23(2)22(28)15-4-7-20-19(10-15)24(3)18(13-29-20)11-21(27)25-16-5-6-17(25)9-14(8-16)12-26/h4,7,10,14,16-18,26H,5-6,8-9,11-13H2,1-3H3/t14?,16-,17+,18?. The van der Waals surface area contributed by atoms with Gasteiger partial charge in [0.15, 0.2) is 0 Å². The van der Waals surface area contributed by atoms with Crippen molar-refractivity contribution >= 4 is 17.5 Å². The predicted molar refractivity (Wildman–Crippen MR) is 110 cm³/mol. The number of carbonyl (C=O) groups excluding carboxylic acids is 2. The summed E-state index contributed by atoms with van der Waals surface area (Å²) in [4.78, 5) is 31.2. The molecule has 1 N–H and O–H groups in total. The van der Waals surface area contributed by atoms with Crippen LogP contribution >= 0.6 is 0 Å². The van der Waals surface area contributed by atoms with Gasteiger partial charge in [0.25, 0.3) is 5.91 Å². The van der Waals surface area contributed by atoms with E-state index in [2.05, 4.69) is 9.80 Å². The van der Waals surface area contributed by atoms with Crippen LogP contribution < -0.4 is 9.64 Å². The Labute approximate surface area is 172 Å². The van der Waals surface area contributed by atoms with Gasteiger partial charge in [-0.25, -0.2) is 0 Å². The lowest BCUT2D eigenvalue weighted by Crippen LogP contribution is -2.50.